The molecule has 14 heavy (non-hydrogen) atoms. The zero-order valence-electron chi connectivity index (χ0n) is 9.79. The summed E-state index contributed by atoms with van der Waals surface area (Å²) in [5, 5.41) is 0. The third-order valence-corrected chi connectivity index (χ3v) is 2.22. The molecule has 1 rings (SSSR count). The summed E-state index contributed by atoms with van der Waals surface area (Å²) in [5.41, 5.74) is 2.53. The van der Waals surface area contributed by atoms with Crippen molar-refractivity contribution in [2.24, 2.45) is 0 Å². The predicted octanol–water partition coefficient (Wildman–Crippen LogP) is 3.91. The second-order valence-corrected chi connectivity index (χ2v) is 4.31. The van der Waals surface area contributed by atoms with Gasteiger partial charge < -0.3 is 4.74 Å². The van der Waals surface area contributed by atoms with E-state index in [-0.39, 0.29) is 6.10 Å². The second-order valence-electron chi connectivity index (χ2n) is 4.31. The van der Waals surface area contributed by atoms with Crippen LogP contribution in [-0.4, -0.2) is 6.10 Å². The van der Waals surface area contributed by atoms with Crippen molar-refractivity contribution in [3.05, 3.63) is 29.3 Å². The lowest BCUT2D eigenvalue weighted by molar-refractivity contribution is 0.237. The molecule has 0 atom stereocenters. The Hall–Kier alpha value is -0.980. The van der Waals surface area contributed by atoms with Crippen LogP contribution in [0.4, 0.5) is 0 Å². The fourth-order valence-electron chi connectivity index (χ4n) is 1.53. The van der Waals surface area contributed by atoms with Crippen LogP contribution in [0.5, 0.6) is 5.75 Å². The Morgan fingerprint density at radius 1 is 1.07 bits per heavy atom. The van der Waals surface area contributed by atoms with Crippen molar-refractivity contribution in [1.82, 2.24) is 0 Å². The number of para-hydroxylation sites is 1. The molecule has 1 aromatic carbocycles. The third kappa shape index (κ3) is 2.50. The SMILES string of the molecule is Cc1cccc(C(C)C)c1OC(C)C. The zero-order valence-corrected chi connectivity index (χ0v) is 9.79. The summed E-state index contributed by atoms with van der Waals surface area (Å²) >= 11 is 0. The molecule has 0 saturated carbocycles. The molecule has 1 aromatic rings. The van der Waals surface area contributed by atoms with Crippen molar-refractivity contribution in [3.8, 4) is 5.75 Å². The minimum atomic E-state index is 0.244. The van der Waals surface area contributed by atoms with Crippen LogP contribution in [0.25, 0.3) is 0 Å². The first-order valence-electron chi connectivity index (χ1n) is 5.28. The van der Waals surface area contributed by atoms with E-state index in [2.05, 4.69) is 52.8 Å². The van der Waals surface area contributed by atoms with E-state index in [1.165, 1.54) is 11.1 Å². The van der Waals surface area contributed by atoms with Gasteiger partial charge >= 0.3 is 0 Å². The van der Waals surface area contributed by atoms with E-state index in [0.29, 0.717) is 5.92 Å². The van der Waals surface area contributed by atoms with Crippen LogP contribution in [-0.2, 0) is 0 Å². The van der Waals surface area contributed by atoms with E-state index in [1.54, 1.807) is 0 Å². The van der Waals surface area contributed by atoms with Gasteiger partial charge in [0.25, 0.3) is 0 Å². The van der Waals surface area contributed by atoms with Crippen molar-refractivity contribution in [2.75, 3.05) is 0 Å². The molecule has 0 aliphatic carbocycles. The summed E-state index contributed by atoms with van der Waals surface area (Å²) in [6.45, 7) is 10.6. The van der Waals surface area contributed by atoms with Gasteiger partial charge in [-0.05, 0) is 37.8 Å². The first-order valence-corrected chi connectivity index (χ1v) is 5.28. The van der Waals surface area contributed by atoms with E-state index in [9.17, 15) is 0 Å². The van der Waals surface area contributed by atoms with Crippen molar-refractivity contribution in [3.63, 3.8) is 0 Å². The molecule has 0 spiro atoms. The first-order chi connectivity index (χ1) is 6.52. The standard InChI is InChI=1S/C13H20O/c1-9(2)12-8-6-7-11(5)13(12)14-10(3)4/h6-10H,1-5H3. The highest BCUT2D eigenvalue weighted by atomic mass is 16.5. The summed E-state index contributed by atoms with van der Waals surface area (Å²) in [6.07, 6.45) is 0.244. The van der Waals surface area contributed by atoms with E-state index in [0.717, 1.165) is 5.75 Å². The Kier molecular flexibility index (Phi) is 3.56. The van der Waals surface area contributed by atoms with Crippen LogP contribution in [0.1, 0.15) is 44.7 Å². The number of hydrogen-bond acceptors (Lipinski definition) is 1. The maximum Gasteiger partial charge on any atom is 0.126 e. The molecule has 1 nitrogen and oxygen atoms in total. The summed E-state index contributed by atoms with van der Waals surface area (Å²) in [7, 11) is 0. The average Bonchev–Trinajstić information content (AvgIpc) is 2.07. The van der Waals surface area contributed by atoms with Gasteiger partial charge in [-0.25, -0.2) is 0 Å². The van der Waals surface area contributed by atoms with Crippen LogP contribution in [0.2, 0.25) is 0 Å². The number of ether oxygens (including phenoxy) is 1. The van der Waals surface area contributed by atoms with Gasteiger partial charge in [0.1, 0.15) is 5.75 Å². The topological polar surface area (TPSA) is 9.23 Å². The van der Waals surface area contributed by atoms with Gasteiger partial charge in [-0.3, -0.25) is 0 Å². The summed E-state index contributed by atoms with van der Waals surface area (Å²) in [4.78, 5) is 0. The van der Waals surface area contributed by atoms with Gasteiger partial charge in [-0.15, -0.1) is 0 Å². The third-order valence-electron chi connectivity index (χ3n) is 2.22. The largest absolute Gasteiger partial charge is 0.490 e. The summed E-state index contributed by atoms with van der Waals surface area (Å²) in [5.74, 6) is 1.58. The lowest BCUT2D eigenvalue weighted by Gasteiger charge is -2.18. The van der Waals surface area contributed by atoms with Crippen LogP contribution < -0.4 is 4.74 Å². The Labute approximate surface area is 87.1 Å². The smallest absolute Gasteiger partial charge is 0.126 e. The molecule has 1 heteroatoms. The molecule has 0 unspecified atom stereocenters. The van der Waals surface area contributed by atoms with Crippen LogP contribution in [0.15, 0.2) is 18.2 Å². The predicted molar refractivity (Wildman–Crippen MR) is 61.0 cm³/mol. The normalized spacial score (nSPS) is 11.1. The molecule has 0 aromatic heterocycles. The monoisotopic (exact) mass is 192 g/mol. The van der Waals surface area contributed by atoms with Crippen molar-refractivity contribution in [1.29, 1.82) is 0 Å². The lowest BCUT2D eigenvalue weighted by Crippen LogP contribution is -2.09. The van der Waals surface area contributed by atoms with E-state index in [4.69, 9.17) is 4.74 Å². The number of benzene rings is 1. The highest BCUT2D eigenvalue weighted by molar-refractivity contribution is 5.42. The average molecular weight is 192 g/mol. The number of rotatable bonds is 3. The molecule has 0 amide bonds. The Morgan fingerprint density at radius 2 is 1.71 bits per heavy atom. The molecule has 0 aliphatic heterocycles. The molecule has 0 bridgehead atoms. The lowest BCUT2D eigenvalue weighted by atomic mass is 9.99. The molecule has 0 fully saturated rings. The first kappa shape index (κ1) is 11.1. The Morgan fingerprint density at radius 3 is 2.21 bits per heavy atom. The molecule has 0 N–H and O–H groups in total. The van der Waals surface area contributed by atoms with Crippen molar-refractivity contribution in [2.45, 2.75) is 46.6 Å². The Bertz CT molecular complexity index is 300. The fraction of sp³-hybridized carbons (Fsp3) is 0.538. The van der Waals surface area contributed by atoms with E-state index in [1.807, 2.05) is 0 Å². The van der Waals surface area contributed by atoms with Gasteiger partial charge in [0.2, 0.25) is 0 Å². The molecule has 0 aliphatic rings. The molecule has 0 radical (unpaired) electrons. The zero-order chi connectivity index (χ0) is 10.7. The molecular formula is C13H20O. The van der Waals surface area contributed by atoms with Crippen LogP contribution in [0, 0.1) is 6.92 Å². The van der Waals surface area contributed by atoms with Crippen molar-refractivity contribution >= 4 is 0 Å². The molecule has 0 heterocycles. The van der Waals surface area contributed by atoms with Gasteiger partial charge in [0, 0.05) is 0 Å². The highest BCUT2D eigenvalue weighted by Crippen LogP contribution is 2.30. The quantitative estimate of drug-likeness (QED) is 0.705. The van der Waals surface area contributed by atoms with Gasteiger partial charge in [-0.1, -0.05) is 32.0 Å². The van der Waals surface area contributed by atoms with Crippen molar-refractivity contribution < 1.29 is 4.74 Å². The van der Waals surface area contributed by atoms with Gasteiger partial charge in [0.15, 0.2) is 0 Å². The minimum absolute atomic E-state index is 0.244. The summed E-state index contributed by atoms with van der Waals surface area (Å²) in [6, 6.07) is 6.34. The Balaban J connectivity index is 3.09. The number of aryl methyl sites for hydroxylation is 1. The second kappa shape index (κ2) is 4.50. The molecular weight excluding hydrogens is 172 g/mol. The van der Waals surface area contributed by atoms with E-state index < -0.39 is 0 Å². The van der Waals surface area contributed by atoms with E-state index >= 15 is 0 Å². The molecule has 0 saturated heterocycles. The maximum absolute atomic E-state index is 5.84. The molecule has 78 valence electrons. The fourth-order valence-corrected chi connectivity index (χ4v) is 1.53. The number of hydrogen-bond donors (Lipinski definition) is 0. The van der Waals surface area contributed by atoms with Crippen LogP contribution in [0.3, 0.4) is 0 Å². The van der Waals surface area contributed by atoms with Crippen LogP contribution >= 0.6 is 0 Å². The van der Waals surface area contributed by atoms with Gasteiger partial charge in [0.05, 0.1) is 6.10 Å². The maximum atomic E-state index is 5.84. The minimum Gasteiger partial charge on any atom is -0.490 e. The highest BCUT2D eigenvalue weighted by Gasteiger charge is 2.10. The van der Waals surface area contributed by atoms with Gasteiger partial charge in [-0.2, -0.15) is 0 Å². The summed E-state index contributed by atoms with van der Waals surface area (Å²) < 4.78 is 5.84.